The van der Waals surface area contributed by atoms with Gasteiger partial charge in [-0.25, -0.2) is 4.98 Å². The van der Waals surface area contributed by atoms with Crippen molar-refractivity contribution in [3.05, 3.63) is 18.2 Å². The molecule has 0 unspecified atom stereocenters. The lowest BCUT2D eigenvalue weighted by atomic mass is 10.4. The van der Waals surface area contributed by atoms with E-state index >= 15 is 0 Å². The Labute approximate surface area is 103 Å². The molecule has 0 saturated carbocycles. The Morgan fingerprint density at radius 3 is 2.88 bits per heavy atom. The first-order valence-electron chi connectivity index (χ1n) is 5.12. The van der Waals surface area contributed by atoms with Gasteiger partial charge in [0.25, 0.3) is 0 Å². The van der Waals surface area contributed by atoms with Gasteiger partial charge >= 0.3 is 5.97 Å². The summed E-state index contributed by atoms with van der Waals surface area (Å²) in [5, 5.41) is 11.1. The molecular weight excluding hydrogens is 242 g/mol. The lowest BCUT2D eigenvalue weighted by Crippen LogP contribution is -2.28. The van der Waals surface area contributed by atoms with E-state index in [1.54, 1.807) is 6.20 Å². The molecule has 0 radical (unpaired) electrons. The minimum atomic E-state index is -0.907. The Kier molecular flexibility index (Phi) is 5.55. The summed E-state index contributed by atoms with van der Waals surface area (Å²) in [7, 11) is 1.90. The largest absolute Gasteiger partial charge is 0.481 e. The van der Waals surface area contributed by atoms with E-state index in [1.807, 2.05) is 17.8 Å². The Balaban J connectivity index is 2.12. The maximum Gasteiger partial charge on any atom is 0.313 e. The quantitative estimate of drug-likeness (QED) is 0.712. The molecule has 0 atom stereocenters. The lowest BCUT2D eigenvalue weighted by Gasteiger charge is -2.04. The molecule has 0 aliphatic heterocycles. The van der Waals surface area contributed by atoms with E-state index in [0.29, 0.717) is 13.0 Å². The van der Waals surface area contributed by atoms with Crippen molar-refractivity contribution >= 4 is 23.6 Å². The Morgan fingerprint density at radius 1 is 1.53 bits per heavy atom. The lowest BCUT2D eigenvalue weighted by molar-refractivity contribution is -0.133. The maximum atomic E-state index is 11.3. The number of aromatic nitrogens is 2. The van der Waals surface area contributed by atoms with E-state index in [2.05, 4.69) is 10.3 Å². The first-order valence-corrected chi connectivity index (χ1v) is 6.27. The molecule has 0 fully saturated rings. The second-order valence-corrected chi connectivity index (χ2v) is 4.43. The Morgan fingerprint density at radius 2 is 2.29 bits per heavy atom. The third-order valence-electron chi connectivity index (χ3n) is 2.05. The fraction of sp³-hybridized carbons (Fsp3) is 0.500. The summed E-state index contributed by atoms with van der Waals surface area (Å²) in [6.45, 7) is 0.511. The van der Waals surface area contributed by atoms with Gasteiger partial charge in [0.2, 0.25) is 5.91 Å². The van der Waals surface area contributed by atoms with Crippen LogP contribution in [0.2, 0.25) is 0 Å². The third kappa shape index (κ3) is 5.39. The first kappa shape index (κ1) is 13.6. The molecule has 1 amide bonds. The molecule has 7 heteroatoms. The van der Waals surface area contributed by atoms with Gasteiger partial charge in [-0.3, -0.25) is 9.59 Å². The van der Waals surface area contributed by atoms with Crippen molar-refractivity contribution in [1.29, 1.82) is 0 Å². The topological polar surface area (TPSA) is 84.2 Å². The monoisotopic (exact) mass is 257 g/mol. The zero-order chi connectivity index (χ0) is 12.7. The predicted octanol–water partition coefficient (Wildman–Crippen LogP) is -0.103. The second-order valence-electron chi connectivity index (χ2n) is 3.44. The molecule has 94 valence electrons. The van der Waals surface area contributed by atoms with Crippen LogP contribution in [0.5, 0.6) is 0 Å². The molecule has 0 aromatic carbocycles. The van der Waals surface area contributed by atoms with E-state index in [1.165, 1.54) is 0 Å². The van der Waals surface area contributed by atoms with Crippen LogP contribution in [0.1, 0.15) is 5.82 Å². The standard InChI is InChI=1S/C10H15N3O3S/c1-13-5-4-11-8(13)2-3-12-9(14)6-17-7-10(15)16/h4-5H,2-3,6-7H2,1H3,(H,12,14)(H,15,16). The number of carboxylic acids is 1. The van der Waals surface area contributed by atoms with Gasteiger partial charge in [0, 0.05) is 32.4 Å². The van der Waals surface area contributed by atoms with Crippen molar-refractivity contribution in [2.75, 3.05) is 18.1 Å². The third-order valence-corrected chi connectivity index (χ3v) is 2.97. The number of amides is 1. The van der Waals surface area contributed by atoms with Crippen molar-refractivity contribution in [1.82, 2.24) is 14.9 Å². The average Bonchev–Trinajstić information content (AvgIpc) is 2.64. The van der Waals surface area contributed by atoms with Crippen LogP contribution in [0.15, 0.2) is 12.4 Å². The molecule has 1 aromatic rings. The number of aryl methyl sites for hydroxylation is 1. The van der Waals surface area contributed by atoms with E-state index in [9.17, 15) is 9.59 Å². The van der Waals surface area contributed by atoms with Crippen LogP contribution < -0.4 is 5.32 Å². The van der Waals surface area contributed by atoms with E-state index in [-0.39, 0.29) is 17.4 Å². The molecule has 2 N–H and O–H groups in total. The van der Waals surface area contributed by atoms with Gasteiger partial charge < -0.3 is 15.0 Å². The van der Waals surface area contributed by atoms with Crippen LogP contribution in [-0.4, -0.2) is 44.6 Å². The number of hydrogen-bond donors (Lipinski definition) is 2. The summed E-state index contributed by atoms with van der Waals surface area (Å²) in [5.41, 5.74) is 0. The fourth-order valence-corrected chi connectivity index (χ4v) is 1.80. The molecule has 0 bridgehead atoms. The summed E-state index contributed by atoms with van der Waals surface area (Å²) >= 11 is 1.09. The SMILES string of the molecule is Cn1ccnc1CCNC(=O)CSCC(=O)O. The number of aliphatic carboxylic acids is 1. The highest BCUT2D eigenvalue weighted by Gasteiger charge is 2.04. The number of rotatable bonds is 7. The number of carboxylic acid groups (broad SMARTS) is 1. The van der Waals surface area contributed by atoms with Crippen LogP contribution in [0.25, 0.3) is 0 Å². The number of nitrogens with zero attached hydrogens (tertiary/aromatic N) is 2. The smallest absolute Gasteiger partial charge is 0.313 e. The molecule has 0 spiro atoms. The van der Waals surface area contributed by atoms with Gasteiger partial charge in [-0.2, -0.15) is 0 Å². The molecule has 0 aliphatic rings. The van der Waals surface area contributed by atoms with Crippen molar-refractivity contribution in [3.8, 4) is 0 Å². The molecule has 0 aliphatic carbocycles. The maximum absolute atomic E-state index is 11.3. The molecule has 1 heterocycles. The molecule has 6 nitrogen and oxygen atoms in total. The van der Waals surface area contributed by atoms with Crippen LogP contribution in [-0.2, 0) is 23.1 Å². The van der Waals surface area contributed by atoms with Gasteiger partial charge in [0.15, 0.2) is 0 Å². The van der Waals surface area contributed by atoms with Crippen LogP contribution in [0, 0.1) is 0 Å². The number of hydrogen-bond acceptors (Lipinski definition) is 4. The minimum Gasteiger partial charge on any atom is -0.481 e. The Hall–Kier alpha value is -1.50. The Bertz CT molecular complexity index is 392. The molecular formula is C10H15N3O3S. The second kappa shape index (κ2) is 6.95. The number of carbonyl (C=O) groups excluding carboxylic acids is 1. The van der Waals surface area contributed by atoms with Gasteiger partial charge in [0.1, 0.15) is 5.82 Å². The molecule has 1 aromatic heterocycles. The highest BCUT2D eigenvalue weighted by Crippen LogP contribution is 1.98. The number of carbonyl (C=O) groups is 2. The normalized spacial score (nSPS) is 10.2. The minimum absolute atomic E-state index is 0.0488. The van der Waals surface area contributed by atoms with E-state index < -0.39 is 5.97 Å². The number of imidazole rings is 1. The molecule has 1 rings (SSSR count). The van der Waals surface area contributed by atoms with Gasteiger partial charge in [0.05, 0.1) is 11.5 Å². The van der Waals surface area contributed by atoms with Gasteiger partial charge in [-0.15, -0.1) is 11.8 Å². The highest BCUT2D eigenvalue weighted by molar-refractivity contribution is 8.00. The van der Waals surface area contributed by atoms with Crippen molar-refractivity contribution in [2.24, 2.45) is 7.05 Å². The molecule has 0 saturated heterocycles. The highest BCUT2D eigenvalue weighted by atomic mass is 32.2. The average molecular weight is 257 g/mol. The van der Waals surface area contributed by atoms with Gasteiger partial charge in [-0.05, 0) is 0 Å². The zero-order valence-electron chi connectivity index (χ0n) is 9.55. The summed E-state index contributed by atoms with van der Waals surface area (Å²) in [6, 6.07) is 0. The van der Waals surface area contributed by atoms with Gasteiger partial charge in [-0.1, -0.05) is 0 Å². The van der Waals surface area contributed by atoms with Crippen LogP contribution >= 0.6 is 11.8 Å². The fourth-order valence-electron chi connectivity index (χ4n) is 1.23. The summed E-state index contributed by atoms with van der Waals surface area (Å²) in [5.74, 6) is -0.0237. The van der Waals surface area contributed by atoms with Crippen molar-refractivity contribution in [3.63, 3.8) is 0 Å². The predicted molar refractivity (Wildman–Crippen MR) is 64.9 cm³/mol. The summed E-state index contributed by atoms with van der Waals surface area (Å²) < 4.78 is 1.89. The number of thioether (sulfide) groups is 1. The van der Waals surface area contributed by atoms with Crippen LogP contribution in [0.4, 0.5) is 0 Å². The number of nitrogens with one attached hydrogen (secondary N) is 1. The van der Waals surface area contributed by atoms with Crippen molar-refractivity contribution in [2.45, 2.75) is 6.42 Å². The molecule has 17 heavy (non-hydrogen) atoms. The first-order chi connectivity index (χ1) is 8.09. The zero-order valence-corrected chi connectivity index (χ0v) is 10.4. The summed E-state index contributed by atoms with van der Waals surface area (Å²) in [4.78, 5) is 25.6. The summed E-state index contributed by atoms with van der Waals surface area (Å²) in [6.07, 6.45) is 4.22. The van der Waals surface area contributed by atoms with Crippen LogP contribution in [0.3, 0.4) is 0 Å². The van der Waals surface area contributed by atoms with Crippen molar-refractivity contribution < 1.29 is 14.7 Å². The van der Waals surface area contributed by atoms with E-state index in [4.69, 9.17) is 5.11 Å². The van der Waals surface area contributed by atoms with E-state index in [0.717, 1.165) is 17.6 Å².